The van der Waals surface area contributed by atoms with Gasteiger partial charge in [0, 0.05) is 31.7 Å². The lowest BCUT2D eigenvalue weighted by Gasteiger charge is -2.36. The van der Waals surface area contributed by atoms with E-state index < -0.39 is 20.0 Å². The van der Waals surface area contributed by atoms with Gasteiger partial charge in [0.15, 0.2) is 0 Å². The molecule has 1 aromatic carbocycles. The number of piperazine rings is 1. The van der Waals surface area contributed by atoms with Crippen molar-refractivity contribution >= 4 is 20.0 Å². The van der Waals surface area contributed by atoms with E-state index in [9.17, 15) is 16.8 Å². The molecule has 1 atom stereocenters. The quantitative estimate of drug-likeness (QED) is 0.802. The second kappa shape index (κ2) is 6.31. The highest BCUT2D eigenvalue weighted by Gasteiger charge is 2.36. The van der Waals surface area contributed by atoms with Crippen LogP contribution in [0.25, 0.3) is 0 Å². The van der Waals surface area contributed by atoms with E-state index in [0.717, 1.165) is 38.8 Å². The van der Waals surface area contributed by atoms with E-state index >= 15 is 0 Å². The summed E-state index contributed by atoms with van der Waals surface area (Å²) in [5.41, 5.74) is 0. The molecule has 1 aliphatic carbocycles. The van der Waals surface area contributed by atoms with Crippen molar-refractivity contribution in [2.45, 2.75) is 47.6 Å². The zero-order chi connectivity index (χ0) is 17.7. The van der Waals surface area contributed by atoms with Crippen LogP contribution in [0, 0.1) is 0 Å². The normalized spacial score (nSPS) is 25.8. The van der Waals surface area contributed by atoms with E-state index in [-0.39, 0.29) is 15.8 Å². The molecule has 0 aromatic heterocycles. The Morgan fingerprint density at radius 3 is 2.24 bits per heavy atom. The summed E-state index contributed by atoms with van der Waals surface area (Å²) in [6, 6.07) is 5.89. The summed E-state index contributed by atoms with van der Waals surface area (Å²) in [6.07, 6.45) is 3.88. The maximum atomic E-state index is 12.9. The number of rotatable bonds is 5. The minimum Gasteiger partial charge on any atom is -0.298 e. The van der Waals surface area contributed by atoms with Gasteiger partial charge in [-0.3, -0.25) is 4.90 Å². The van der Waals surface area contributed by atoms with Gasteiger partial charge < -0.3 is 0 Å². The molecule has 1 saturated carbocycles. The van der Waals surface area contributed by atoms with Gasteiger partial charge in [-0.25, -0.2) is 21.6 Å². The van der Waals surface area contributed by atoms with Crippen molar-refractivity contribution in [1.82, 2.24) is 13.9 Å². The summed E-state index contributed by atoms with van der Waals surface area (Å²) in [5.74, 6) is 0. The average molecular weight is 386 g/mol. The minimum absolute atomic E-state index is 0.0242. The molecule has 0 radical (unpaired) electrons. The van der Waals surface area contributed by atoms with E-state index in [0.29, 0.717) is 19.1 Å². The molecule has 0 spiro atoms. The number of nitrogens with zero attached hydrogens (tertiary/aromatic N) is 2. The molecule has 2 saturated heterocycles. The first kappa shape index (κ1) is 17.4. The summed E-state index contributed by atoms with van der Waals surface area (Å²) in [7, 11) is -7.14. The van der Waals surface area contributed by atoms with Crippen molar-refractivity contribution in [2.75, 3.05) is 26.2 Å². The first-order valence-corrected chi connectivity index (χ1v) is 11.7. The van der Waals surface area contributed by atoms with Gasteiger partial charge in [0.05, 0.1) is 9.79 Å². The Morgan fingerprint density at radius 1 is 0.880 bits per heavy atom. The average Bonchev–Trinajstić information content (AvgIpc) is 3.26. The summed E-state index contributed by atoms with van der Waals surface area (Å²) >= 11 is 0. The van der Waals surface area contributed by atoms with Gasteiger partial charge in [0.1, 0.15) is 0 Å². The summed E-state index contributed by atoms with van der Waals surface area (Å²) in [5, 5.41) is 0. The third-order valence-electron chi connectivity index (χ3n) is 5.22. The third-order valence-corrected chi connectivity index (χ3v) is 8.64. The van der Waals surface area contributed by atoms with E-state index in [1.54, 1.807) is 0 Å². The van der Waals surface area contributed by atoms with Crippen LogP contribution in [0.2, 0.25) is 0 Å². The highest BCUT2D eigenvalue weighted by molar-refractivity contribution is 7.89. The van der Waals surface area contributed by atoms with E-state index in [4.69, 9.17) is 0 Å². The Balaban J connectivity index is 1.52. The fourth-order valence-electron chi connectivity index (χ4n) is 3.61. The lowest BCUT2D eigenvalue weighted by Crippen LogP contribution is -2.51. The summed E-state index contributed by atoms with van der Waals surface area (Å²) in [4.78, 5) is 2.62. The molecule has 4 rings (SSSR count). The zero-order valence-electron chi connectivity index (χ0n) is 14.0. The van der Waals surface area contributed by atoms with E-state index in [1.165, 1.54) is 28.6 Å². The molecular weight excluding hydrogens is 362 g/mol. The number of sulfonamides is 2. The van der Waals surface area contributed by atoms with Crippen LogP contribution in [0.15, 0.2) is 34.1 Å². The van der Waals surface area contributed by atoms with Gasteiger partial charge in [0.2, 0.25) is 20.0 Å². The highest BCUT2D eigenvalue weighted by atomic mass is 32.2. The van der Waals surface area contributed by atoms with Crippen LogP contribution in [-0.4, -0.2) is 64.3 Å². The molecule has 25 heavy (non-hydrogen) atoms. The number of nitrogens with one attached hydrogen (secondary N) is 1. The number of benzene rings is 1. The van der Waals surface area contributed by atoms with E-state index in [2.05, 4.69) is 9.62 Å². The SMILES string of the molecule is O=S(=O)(NC1CC1)c1ccc(S(=O)(=O)N2CCN3CCC[C@H]3C2)cc1. The smallest absolute Gasteiger partial charge is 0.243 e. The molecule has 1 N–H and O–H groups in total. The van der Waals surface area contributed by atoms with Gasteiger partial charge in [0.25, 0.3) is 0 Å². The standard InChI is InChI=1S/C16H23N3O4S2/c20-24(21,17-13-3-4-13)15-5-7-16(8-6-15)25(22,23)19-11-10-18-9-1-2-14(18)12-19/h5-8,13-14,17H,1-4,9-12H2/t14-/m0/s1. The van der Waals surface area contributed by atoms with Crippen LogP contribution in [-0.2, 0) is 20.0 Å². The Labute approximate surface area is 149 Å². The van der Waals surface area contributed by atoms with Gasteiger partial charge in [-0.15, -0.1) is 0 Å². The predicted octanol–water partition coefficient (Wildman–Crippen LogP) is 0.596. The topological polar surface area (TPSA) is 86.8 Å². The Hall–Kier alpha value is -1.00. The number of hydrogen-bond donors (Lipinski definition) is 1. The predicted molar refractivity (Wildman–Crippen MR) is 93.1 cm³/mol. The zero-order valence-corrected chi connectivity index (χ0v) is 15.6. The van der Waals surface area contributed by atoms with Crippen LogP contribution in [0.4, 0.5) is 0 Å². The molecule has 9 heteroatoms. The minimum atomic E-state index is -3.58. The molecule has 3 fully saturated rings. The lowest BCUT2D eigenvalue weighted by molar-refractivity contribution is 0.158. The fourth-order valence-corrected chi connectivity index (χ4v) is 6.38. The van der Waals surface area contributed by atoms with Crippen molar-refractivity contribution in [3.63, 3.8) is 0 Å². The fraction of sp³-hybridized carbons (Fsp3) is 0.625. The summed E-state index contributed by atoms with van der Waals surface area (Å²) < 4.78 is 54.3. The van der Waals surface area contributed by atoms with Crippen LogP contribution in [0.3, 0.4) is 0 Å². The third kappa shape index (κ3) is 3.48. The number of fused-ring (bicyclic) bond motifs is 1. The lowest BCUT2D eigenvalue weighted by atomic mass is 10.2. The molecule has 0 amide bonds. The molecule has 2 heterocycles. The van der Waals surface area contributed by atoms with Crippen LogP contribution >= 0.6 is 0 Å². The first-order chi connectivity index (χ1) is 11.9. The van der Waals surface area contributed by atoms with Crippen molar-refractivity contribution in [1.29, 1.82) is 0 Å². The van der Waals surface area contributed by atoms with Gasteiger partial charge in [-0.05, 0) is 56.5 Å². The monoisotopic (exact) mass is 385 g/mol. The maximum absolute atomic E-state index is 12.9. The Morgan fingerprint density at radius 2 is 1.56 bits per heavy atom. The Bertz CT molecular complexity index is 848. The largest absolute Gasteiger partial charge is 0.298 e. The molecule has 2 aliphatic heterocycles. The van der Waals surface area contributed by atoms with Crippen LogP contribution in [0.5, 0.6) is 0 Å². The van der Waals surface area contributed by atoms with Crippen molar-refractivity contribution in [3.8, 4) is 0 Å². The molecule has 1 aromatic rings. The van der Waals surface area contributed by atoms with Crippen molar-refractivity contribution < 1.29 is 16.8 Å². The molecule has 0 unspecified atom stereocenters. The summed E-state index contributed by atoms with van der Waals surface area (Å²) in [6.45, 7) is 2.83. The maximum Gasteiger partial charge on any atom is 0.243 e. The van der Waals surface area contributed by atoms with Crippen LogP contribution < -0.4 is 4.72 Å². The van der Waals surface area contributed by atoms with E-state index in [1.807, 2.05) is 0 Å². The molecule has 7 nitrogen and oxygen atoms in total. The first-order valence-electron chi connectivity index (χ1n) is 8.73. The Kier molecular flexibility index (Phi) is 4.40. The van der Waals surface area contributed by atoms with Gasteiger partial charge in [-0.2, -0.15) is 4.31 Å². The second-order valence-corrected chi connectivity index (χ2v) is 10.7. The second-order valence-electron chi connectivity index (χ2n) is 7.06. The van der Waals surface area contributed by atoms with Gasteiger partial charge in [-0.1, -0.05) is 0 Å². The highest BCUT2D eigenvalue weighted by Crippen LogP contribution is 2.27. The number of hydrogen-bond acceptors (Lipinski definition) is 5. The molecule has 0 bridgehead atoms. The van der Waals surface area contributed by atoms with Crippen molar-refractivity contribution in [3.05, 3.63) is 24.3 Å². The van der Waals surface area contributed by atoms with Gasteiger partial charge >= 0.3 is 0 Å². The molecule has 3 aliphatic rings. The molecular formula is C16H23N3O4S2. The van der Waals surface area contributed by atoms with Crippen LogP contribution in [0.1, 0.15) is 25.7 Å². The molecule has 138 valence electrons. The van der Waals surface area contributed by atoms with Crippen molar-refractivity contribution in [2.24, 2.45) is 0 Å².